The van der Waals surface area contributed by atoms with Crippen molar-refractivity contribution in [3.05, 3.63) is 47.6 Å². The first-order chi connectivity index (χ1) is 32.9. The number of cyclic esters (lactones) is 1. The molecule has 1 saturated carbocycles. The zero-order valence-electron chi connectivity index (χ0n) is 43.7. The van der Waals surface area contributed by atoms with Gasteiger partial charge in [-0.15, -0.1) is 0 Å². The molecule has 3 heterocycles. The molecule has 0 aromatic heterocycles. The molecule has 0 radical (unpaired) electrons. The molecule has 0 aromatic carbocycles. The lowest BCUT2D eigenvalue weighted by molar-refractivity contribution is -0.265. The number of carbonyl (C=O) groups is 5. The van der Waals surface area contributed by atoms with Crippen molar-refractivity contribution in [1.29, 1.82) is 0 Å². The Labute approximate surface area is 416 Å². The van der Waals surface area contributed by atoms with Gasteiger partial charge in [-0.2, -0.15) is 0 Å². The molecule has 396 valence electrons. The summed E-state index contributed by atoms with van der Waals surface area (Å²) in [6.07, 6.45) is 8.39. The minimum Gasteiger partial charge on any atom is -0.460 e. The summed E-state index contributed by atoms with van der Waals surface area (Å²) in [6, 6.07) is -1.18. The minimum absolute atomic E-state index is 0.0625. The molecule has 0 aromatic rings. The number of rotatable bonds is 8. The number of aliphatic hydroxyl groups excluding tert-OH is 2. The van der Waals surface area contributed by atoms with Crippen LogP contribution in [0.1, 0.15) is 119 Å². The van der Waals surface area contributed by atoms with E-state index in [0.717, 1.165) is 5.57 Å². The largest absolute Gasteiger partial charge is 0.460 e. The van der Waals surface area contributed by atoms with E-state index in [0.29, 0.717) is 56.9 Å². The Morgan fingerprint density at radius 2 is 1.56 bits per heavy atom. The van der Waals surface area contributed by atoms with Gasteiger partial charge in [-0.3, -0.25) is 23.7 Å². The second kappa shape index (κ2) is 26.7. The molecule has 1 aliphatic carbocycles. The van der Waals surface area contributed by atoms with Crippen LogP contribution in [0, 0.1) is 35.5 Å². The lowest BCUT2D eigenvalue weighted by Gasteiger charge is -2.42. The molecule has 1 amide bonds. The molecule has 3 fully saturated rings. The van der Waals surface area contributed by atoms with E-state index in [1.807, 2.05) is 19.9 Å². The van der Waals surface area contributed by atoms with Crippen LogP contribution in [0.25, 0.3) is 0 Å². The van der Waals surface area contributed by atoms with Crippen LogP contribution < -0.4 is 0 Å². The molecule has 3 aliphatic heterocycles. The third-order valence-electron chi connectivity index (χ3n) is 15.1. The number of hydrogen-bond acceptors (Lipinski definition) is 15. The first-order valence-corrected chi connectivity index (χ1v) is 27.8. The number of Topliss-reactive ketones (excluding diaryl/α,β-unsaturated/α-hetero) is 3. The minimum atomic E-state index is -2.80. The summed E-state index contributed by atoms with van der Waals surface area (Å²) in [5.74, 6) is -9.56. The van der Waals surface area contributed by atoms with Gasteiger partial charge in [0.1, 0.15) is 30.1 Å². The summed E-state index contributed by atoms with van der Waals surface area (Å²) in [5.41, 5.74) is 1.12. The summed E-state index contributed by atoms with van der Waals surface area (Å²) in [5, 5.41) is 34.7. The van der Waals surface area contributed by atoms with Crippen molar-refractivity contribution >= 4 is 36.6 Å². The summed E-state index contributed by atoms with van der Waals surface area (Å²) >= 11 is 0. The highest BCUT2D eigenvalue weighted by molar-refractivity contribution is 7.57. The van der Waals surface area contributed by atoms with E-state index in [1.54, 1.807) is 92.5 Å². The number of aliphatic hydroxyl groups is 3. The Morgan fingerprint density at radius 1 is 0.857 bits per heavy atom. The van der Waals surface area contributed by atoms with Gasteiger partial charge in [0.25, 0.3) is 11.7 Å². The highest BCUT2D eigenvalue weighted by Gasteiger charge is 2.53. The molecule has 16 atom stereocenters. The van der Waals surface area contributed by atoms with Crippen molar-refractivity contribution < 1.29 is 72.1 Å². The van der Waals surface area contributed by atoms with Crippen molar-refractivity contribution in [3.8, 4) is 0 Å². The average molecular weight is 1010 g/mol. The Morgan fingerprint density at radius 3 is 2.20 bits per heavy atom. The second-order valence-electron chi connectivity index (χ2n) is 20.9. The number of carbonyl (C=O) groups excluding carboxylic acids is 5. The lowest BCUT2D eigenvalue weighted by atomic mass is 9.78. The summed E-state index contributed by atoms with van der Waals surface area (Å²) < 4.78 is 48.1. The highest BCUT2D eigenvalue weighted by atomic mass is 31.2. The van der Waals surface area contributed by atoms with Crippen LogP contribution in [0.5, 0.6) is 0 Å². The van der Waals surface area contributed by atoms with E-state index in [1.165, 1.54) is 12.0 Å². The van der Waals surface area contributed by atoms with Crippen LogP contribution >= 0.6 is 7.37 Å². The fourth-order valence-electron chi connectivity index (χ4n) is 10.5. The quantitative estimate of drug-likeness (QED) is 0.0995. The second-order valence-corrected chi connectivity index (χ2v) is 23.7. The topological polar surface area (TPSA) is 222 Å². The molecule has 70 heavy (non-hydrogen) atoms. The number of ketones is 3. The molecule has 0 spiro atoms. The molecule has 2 saturated heterocycles. The van der Waals surface area contributed by atoms with Gasteiger partial charge in [0.05, 0.1) is 30.5 Å². The van der Waals surface area contributed by atoms with Crippen molar-refractivity contribution in [2.75, 3.05) is 41.2 Å². The molecular formula is C53H84NO15P. The number of allylic oxidation sites excluding steroid dienone is 5. The number of esters is 1. The van der Waals surface area contributed by atoms with Gasteiger partial charge in [-0.05, 0) is 94.6 Å². The predicted molar refractivity (Wildman–Crippen MR) is 265 cm³/mol. The van der Waals surface area contributed by atoms with Crippen LogP contribution in [0.4, 0.5) is 0 Å². The third kappa shape index (κ3) is 15.7. The van der Waals surface area contributed by atoms with E-state index < -0.39 is 109 Å². The number of piperidine rings is 1. The van der Waals surface area contributed by atoms with Crippen molar-refractivity contribution in [1.82, 2.24) is 4.90 Å². The molecular weight excluding hydrogens is 922 g/mol. The lowest BCUT2D eigenvalue weighted by Crippen LogP contribution is -2.61. The highest BCUT2D eigenvalue weighted by Crippen LogP contribution is 2.45. The Kier molecular flexibility index (Phi) is 22.6. The van der Waals surface area contributed by atoms with Gasteiger partial charge in [0.15, 0.2) is 13.2 Å². The third-order valence-corrected chi connectivity index (χ3v) is 15.9. The summed E-state index contributed by atoms with van der Waals surface area (Å²) in [6.45, 7) is 15.2. The van der Waals surface area contributed by atoms with E-state index >= 15 is 0 Å². The maximum absolute atomic E-state index is 14.5. The normalized spacial score (nSPS) is 39.7. The van der Waals surface area contributed by atoms with Gasteiger partial charge in [0, 0.05) is 77.7 Å². The van der Waals surface area contributed by atoms with Gasteiger partial charge in [0.2, 0.25) is 5.79 Å². The van der Waals surface area contributed by atoms with Gasteiger partial charge in [-0.1, -0.05) is 71.1 Å². The van der Waals surface area contributed by atoms with Gasteiger partial charge >= 0.3 is 5.97 Å². The molecule has 4 aliphatic rings. The molecule has 17 heteroatoms. The molecule has 2 bridgehead atoms. The summed E-state index contributed by atoms with van der Waals surface area (Å²) in [7, 11) is 1.63. The first-order valence-electron chi connectivity index (χ1n) is 25.3. The van der Waals surface area contributed by atoms with E-state index in [-0.39, 0.29) is 49.7 Å². The van der Waals surface area contributed by atoms with Crippen molar-refractivity contribution in [2.45, 2.75) is 180 Å². The van der Waals surface area contributed by atoms with Gasteiger partial charge < -0.3 is 48.4 Å². The number of ether oxygens (including phenoxy) is 5. The van der Waals surface area contributed by atoms with E-state index in [2.05, 4.69) is 0 Å². The smallest absolute Gasteiger partial charge is 0.329 e. The van der Waals surface area contributed by atoms with Crippen LogP contribution in [0.2, 0.25) is 0 Å². The molecule has 4 rings (SSSR count). The maximum Gasteiger partial charge on any atom is 0.329 e. The van der Waals surface area contributed by atoms with E-state index in [9.17, 15) is 43.9 Å². The number of hydrogen-bond donors (Lipinski definition) is 3. The standard InChI is InChI=1S/C53H84NO15P/c1-31-18-14-13-15-19-32(2)46(56)37(7)48(58)49(66-10)47(57)35(5)26-33(3)41(55)30-44(34(4)27-38-22-24-42(45(28-38)65-9)69-70(11,12)63)67-52(61)40-20-16-17-25-54(40)51(60)50(59)53(62)36(6)21-23-39(68-53)29-43(31)64-8/h13-15,18-19,26,32-34,36-40,42-47,49,56-57,62H,16-17,20-25,27-30H2,1-12H3/b14-13+,19-15+,31-18+,35-26+/t32-,33-,34-,36-,37-,38+,39+,40+,42-,43+,44+,45-,46?,47-,49-,53-/m1/s1. The molecule has 1 unspecified atom stereocenters. The molecule has 3 N–H and O–H groups in total. The summed E-state index contributed by atoms with van der Waals surface area (Å²) in [4.78, 5) is 72.3. The maximum atomic E-state index is 14.5. The Bertz CT molecular complexity index is 1980. The number of amides is 1. The van der Waals surface area contributed by atoms with E-state index in [4.69, 9.17) is 28.2 Å². The SMILES string of the molecule is CO[C@H]1C[C@@H]2CC[C@@H](C)[C@@](O)(O2)C(=O)C(=O)N2CCCC[C@H]2C(=O)O[C@H]([C@H](C)C[C@@H]2CC[C@@H](OP(C)(C)=O)[C@H](OC)C2)CC(=O)[C@H](C)/C=C(\C)[C@@H](O)[C@@H](OC)C(=O)[C@H](C)C(O)[C@H](C)/C=C/C=C/C=C/1C. The molecule has 16 nitrogen and oxygen atoms in total. The average Bonchev–Trinajstić information content (AvgIpc) is 3.32. The fourth-order valence-corrected chi connectivity index (χ4v) is 11.4. The van der Waals surface area contributed by atoms with Gasteiger partial charge in [-0.25, -0.2) is 4.79 Å². The predicted octanol–water partition coefficient (Wildman–Crippen LogP) is 6.71. The zero-order valence-corrected chi connectivity index (χ0v) is 44.6. The van der Waals surface area contributed by atoms with Crippen molar-refractivity contribution in [2.24, 2.45) is 35.5 Å². The van der Waals surface area contributed by atoms with Crippen LogP contribution in [-0.2, 0) is 56.7 Å². The fraction of sp³-hybridized carbons (Fsp3) is 0.755. The monoisotopic (exact) mass is 1010 g/mol. The van der Waals surface area contributed by atoms with Crippen LogP contribution in [-0.4, -0.2) is 151 Å². The van der Waals surface area contributed by atoms with Crippen molar-refractivity contribution in [3.63, 3.8) is 0 Å². The Hall–Kier alpha value is -3.18. The number of fused-ring (bicyclic) bond motifs is 3. The number of methoxy groups -OCH3 is 3. The van der Waals surface area contributed by atoms with Crippen LogP contribution in [0.3, 0.4) is 0 Å². The zero-order chi connectivity index (χ0) is 52.2. The Balaban J connectivity index is 1.72. The van der Waals surface area contributed by atoms with Crippen LogP contribution in [0.15, 0.2) is 47.6 Å². The number of nitrogens with zero attached hydrogens (tertiary/aromatic N) is 1. The first kappa shape index (κ1) is 59.4.